The van der Waals surface area contributed by atoms with Crippen LogP contribution in [0.3, 0.4) is 0 Å². The summed E-state index contributed by atoms with van der Waals surface area (Å²) in [7, 11) is 1.58. The van der Waals surface area contributed by atoms with Crippen LogP contribution in [0.2, 0.25) is 0 Å². The van der Waals surface area contributed by atoms with Gasteiger partial charge in [0.25, 0.3) is 5.91 Å². The molecule has 4 rings (SSSR count). The van der Waals surface area contributed by atoms with Gasteiger partial charge in [-0.1, -0.05) is 60.7 Å². The molecule has 3 aromatic carbocycles. The monoisotopic (exact) mass is 446 g/mol. The Morgan fingerprint density at radius 2 is 1.58 bits per heavy atom. The molecule has 1 heterocycles. The maximum absolute atomic E-state index is 13.1. The molecule has 1 N–H and O–H groups in total. The van der Waals surface area contributed by atoms with Crippen molar-refractivity contribution in [2.45, 2.75) is 12.7 Å². The fraction of sp³-hybridized carbons (Fsp3) is 0.296. The normalized spacial score (nSPS) is 15.2. The first-order valence-corrected chi connectivity index (χ1v) is 11.2. The Kier molecular flexibility index (Phi) is 7.60. The molecule has 33 heavy (non-hydrogen) atoms. The number of aliphatic hydroxyl groups is 1. The highest BCUT2D eigenvalue weighted by molar-refractivity contribution is 5.95. The van der Waals surface area contributed by atoms with Crippen molar-refractivity contribution >= 4 is 5.91 Å². The van der Waals surface area contributed by atoms with Gasteiger partial charge in [-0.15, -0.1) is 0 Å². The van der Waals surface area contributed by atoms with Crippen LogP contribution < -0.4 is 9.47 Å². The first-order chi connectivity index (χ1) is 16.1. The smallest absolute Gasteiger partial charge is 0.254 e. The molecule has 1 aliphatic rings. The summed E-state index contributed by atoms with van der Waals surface area (Å²) in [5.41, 5.74) is 2.56. The van der Waals surface area contributed by atoms with Crippen molar-refractivity contribution in [1.82, 2.24) is 9.80 Å². The molecule has 1 fully saturated rings. The first kappa shape index (κ1) is 22.8. The van der Waals surface area contributed by atoms with Crippen LogP contribution in [0.4, 0.5) is 0 Å². The molecule has 172 valence electrons. The second-order valence-corrected chi connectivity index (χ2v) is 8.16. The zero-order chi connectivity index (χ0) is 23.0. The van der Waals surface area contributed by atoms with Gasteiger partial charge in [-0.25, -0.2) is 0 Å². The van der Waals surface area contributed by atoms with E-state index in [4.69, 9.17) is 9.47 Å². The van der Waals surface area contributed by atoms with Crippen molar-refractivity contribution in [2.75, 3.05) is 39.8 Å². The van der Waals surface area contributed by atoms with E-state index >= 15 is 0 Å². The number of piperazine rings is 1. The molecule has 0 spiro atoms. The molecule has 0 radical (unpaired) electrons. The van der Waals surface area contributed by atoms with E-state index in [1.54, 1.807) is 25.3 Å². The number of hydrogen-bond donors (Lipinski definition) is 1. The maximum Gasteiger partial charge on any atom is 0.254 e. The Bertz CT molecular complexity index is 1030. The molecule has 0 saturated carbocycles. The second-order valence-electron chi connectivity index (χ2n) is 8.16. The molecule has 0 bridgehead atoms. The van der Waals surface area contributed by atoms with Gasteiger partial charge in [0.2, 0.25) is 0 Å². The second kappa shape index (κ2) is 11.0. The highest BCUT2D eigenvalue weighted by Crippen LogP contribution is 2.29. The summed E-state index contributed by atoms with van der Waals surface area (Å²) in [5.74, 6) is 1.13. The van der Waals surface area contributed by atoms with Crippen LogP contribution in [0, 0.1) is 0 Å². The van der Waals surface area contributed by atoms with Gasteiger partial charge in [-0.05, 0) is 29.3 Å². The fourth-order valence-electron chi connectivity index (χ4n) is 4.00. The fourth-order valence-corrected chi connectivity index (χ4v) is 4.00. The Morgan fingerprint density at radius 1 is 0.909 bits per heavy atom. The highest BCUT2D eigenvalue weighted by Gasteiger charge is 2.24. The van der Waals surface area contributed by atoms with E-state index in [0.29, 0.717) is 43.3 Å². The lowest BCUT2D eigenvalue weighted by Gasteiger charge is -2.35. The predicted octanol–water partition coefficient (Wildman–Crippen LogP) is 3.77. The van der Waals surface area contributed by atoms with E-state index < -0.39 is 6.10 Å². The zero-order valence-electron chi connectivity index (χ0n) is 18.9. The minimum Gasteiger partial charge on any atom is -0.493 e. The molecule has 0 aliphatic carbocycles. The number of carbonyl (C=O) groups is 1. The SMILES string of the molecule is COc1cc(C(=O)N2CCN(CC(O)c3ccccc3)CC2)ccc1OCc1ccccc1. The van der Waals surface area contributed by atoms with E-state index in [1.165, 1.54) is 0 Å². The molecule has 1 atom stereocenters. The predicted molar refractivity (Wildman–Crippen MR) is 128 cm³/mol. The van der Waals surface area contributed by atoms with Gasteiger partial charge in [-0.2, -0.15) is 0 Å². The number of carbonyl (C=O) groups excluding carboxylic acids is 1. The van der Waals surface area contributed by atoms with Crippen LogP contribution in [0.5, 0.6) is 11.5 Å². The molecule has 6 nitrogen and oxygen atoms in total. The summed E-state index contributed by atoms with van der Waals surface area (Å²) in [6, 6.07) is 24.9. The van der Waals surface area contributed by atoms with Crippen molar-refractivity contribution in [3.63, 3.8) is 0 Å². The number of aliphatic hydroxyl groups excluding tert-OH is 1. The summed E-state index contributed by atoms with van der Waals surface area (Å²) >= 11 is 0. The lowest BCUT2D eigenvalue weighted by atomic mass is 10.1. The number of nitrogens with zero attached hydrogens (tertiary/aromatic N) is 2. The van der Waals surface area contributed by atoms with Crippen LogP contribution in [0.25, 0.3) is 0 Å². The quantitative estimate of drug-likeness (QED) is 0.571. The summed E-state index contributed by atoms with van der Waals surface area (Å²) in [6.45, 7) is 3.69. The van der Waals surface area contributed by atoms with Crippen LogP contribution in [0.15, 0.2) is 78.9 Å². The van der Waals surface area contributed by atoms with Crippen molar-refractivity contribution < 1.29 is 19.4 Å². The van der Waals surface area contributed by atoms with Gasteiger partial charge >= 0.3 is 0 Å². The summed E-state index contributed by atoms with van der Waals surface area (Å²) < 4.78 is 11.4. The molecule has 1 aliphatic heterocycles. The highest BCUT2D eigenvalue weighted by atomic mass is 16.5. The lowest BCUT2D eigenvalue weighted by molar-refractivity contribution is 0.0527. The number of amides is 1. The van der Waals surface area contributed by atoms with E-state index in [0.717, 1.165) is 24.2 Å². The Hall–Kier alpha value is -3.35. The van der Waals surface area contributed by atoms with Crippen LogP contribution >= 0.6 is 0 Å². The molecule has 1 saturated heterocycles. The average molecular weight is 447 g/mol. The largest absolute Gasteiger partial charge is 0.493 e. The minimum atomic E-state index is -0.527. The molecular formula is C27H30N2O4. The van der Waals surface area contributed by atoms with Crippen LogP contribution in [-0.4, -0.2) is 60.6 Å². The molecule has 0 aromatic heterocycles. The maximum atomic E-state index is 13.1. The van der Waals surface area contributed by atoms with Gasteiger partial charge in [0.05, 0.1) is 13.2 Å². The third kappa shape index (κ3) is 5.92. The van der Waals surface area contributed by atoms with Gasteiger partial charge < -0.3 is 19.5 Å². The molecule has 1 amide bonds. The summed E-state index contributed by atoms with van der Waals surface area (Å²) in [4.78, 5) is 17.1. The topological polar surface area (TPSA) is 62.2 Å². The Balaban J connectivity index is 1.32. The Morgan fingerprint density at radius 3 is 2.24 bits per heavy atom. The molecule has 3 aromatic rings. The van der Waals surface area contributed by atoms with Crippen LogP contribution in [-0.2, 0) is 6.61 Å². The number of β-amino-alcohol motifs (C(OH)–C–C–N with tert-alkyl or cyclic N) is 1. The van der Waals surface area contributed by atoms with Gasteiger partial charge in [-0.3, -0.25) is 9.69 Å². The first-order valence-electron chi connectivity index (χ1n) is 11.2. The summed E-state index contributed by atoms with van der Waals surface area (Å²) in [6.07, 6.45) is -0.527. The average Bonchev–Trinajstić information content (AvgIpc) is 2.88. The van der Waals surface area contributed by atoms with Gasteiger partial charge in [0, 0.05) is 38.3 Å². The molecule has 1 unspecified atom stereocenters. The lowest BCUT2D eigenvalue weighted by Crippen LogP contribution is -2.49. The van der Waals surface area contributed by atoms with E-state index in [2.05, 4.69) is 4.90 Å². The Labute approximate surface area is 195 Å². The molecular weight excluding hydrogens is 416 g/mol. The standard InChI is InChI=1S/C27H30N2O4/c1-32-26-18-23(12-13-25(26)33-20-21-8-4-2-5-9-21)27(31)29-16-14-28(15-17-29)19-24(30)22-10-6-3-7-11-22/h2-13,18,24,30H,14-17,19-20H2,1H3. The number of hydrogen-bond acceptors (Lipinski definition) is 5. The minimum absolute atomic E-state index is 0.0221. The van der Waals surface area contributed by atoms with E-state index in [-0.39, 0.29) is 5.91 Å². The van der Waals surface area contributed by atoms with Crippen molar-refractivity contribution in [1.29, 1.82) is 0 Å². The van der Waals surface area contributed by atoms with Gasteiger partial charge in [0.15, 0.2) is 11.5 Å². The number of benzene rings is 3. The molecule has 6 heteroatoms. The zero-order valence-corrected chi connectivity index (χ0v) is 18.9. The van der Waals surface area contributed by atoms with E-state index in [9.17, 15) is 9.90 Å². The number of rotatable bonds is 8. The third-order valence-corrected chi connectivity index (χ3v) is 5.92. The van der Waals surface area contributed by atoms with Crippen LogP contribution in [0.1, 0.15) is 27.6 Å². The summed E-state index contributed by atoms with van der Waals surface area (Å²) in [5, 5.41) is 10.5. The van der Waals surface area contributed by atoms with E-state index in [1.807, 2.05) is 65.6 Å². The van der Waals surface area contributed by atoms with Crippen molar-refractivity contribution in [3.05, 3.63) is 95.6 Å². The van der Waals surface area contributed by atoms with Gasteiger partial charge in [0.1, 0.15) is 6.61 Å². The third-order valence-electron chi connectivity index (χ3n) is 5.92. The number of methoxy groups -OCH3 is 1. The number of ether oxygens (including phenoxy) is 2. The van der Waals surface area contributed by atoms with Crippen molar-refractivity contribution in [2.24, 2.45) is 0 Å². The van der Waals surface area contributed by atoms with Crippen molar-refractivity contribution in [3.8, 4) is 11.5 Å².